The van der Waals surface area contributed by atoms with E-state index in [9.17, 15) is 4.79 Å². The highest BCUT2D eigenvalue weighted by molar-refractivity contribution is 5.86. The molecule has 2 aliphatic rings. The zero-order chi connectivity index (χ0) is 22.2. The van der Waals surface area contributed by atoms with Crippen molar-refractivity contribution in [2.24, 2.45) is 4.99 Å². The topological polar surface area (TPSA) is 60.0 Å². The highest BCUT2D eigenvalue weighted by Crippen LogP contribution is 2.18. The van der Waals surface area contributed by atoms with Gasteiger partial charge in [0.2, 0.25) is 5.91 Å². The molecule has 6 heteroatoms. The summed E-state index contributed by atoms with van der Waals surface area (Å²) in [4.78, 5) is 21.9. The average molecular weight is 434 g/mol. The Balaban J connectivity index is 1.28. The first-order valence-corrected chi connectivity index (χ1v) is 11.9. The van der Waals surface area contributed by atoms with Crippen LogP contribution in [-0.4, -0.2) is 54.4 Å². The van der Waals surface area contributed by atoms with Crippen LogP contribution in [0, 0.1) is 0 Å². The fraction of sp³-hybridized carbons (Fsp3) is 0.462. The van der Waals surface area contributed by atoms with Crippen molar-refractivity contribution in [2.75, 3.05) is 32.7 Å². The predicted octanol–water partition coefficient (Wildman–Crippen LogP) is 2.92. The second-order valence-corrected chi connectivity index (χ2v) is 8.68. The van der Waals surface area contributed by atoms with Gasteiger partial charge in [0.25, 0.3) is 0 Å². The van der Waals surface area contributed by atoms with Gasteiger partial charge in [-0.05, 0) is 61.5 Å². The summed E-state index contributed by atoms with van der Waals surface area (Å²) in [5.41, 5.74) is 5.14. The molecule has 2 aromatic carbocycles. The lowest BCUT2D eigenvalue weighted by molar-refractivity contribution is -0.130. The summed E-state index contributed by atoms with van der Waals surface area (Å²) in [6.45, 7) is 8.56. The average Bonchev–Trinajstić information content (AvgIpc) is 3.34. The third kappa shape index (κ3) is 6.10. The number of hydrogen-bond donors (Lipinski definition) is 2. The number of rotatable bonds is 7. The van der Waals surface area contributed by atoms with Crippen LogP contribution in [0.2, 0.25) is 0 Å². The van der Waals surface area contributed by atoms with Crippen LogP contribution in [0.1, 0.15) is 42.0 Å². The number of carbonyl (C=O) groups excluding carboxylic acids is 1. The van der Waals surface area contributed by atoms with Gasteiger partial charge in [0, 0.05) is 26.2 Å². The summed E-state index contributed by atoms with van der Waals surface area (Å²) < 4.78 is 0. The molecule has 0 saturated carbocycles. The molecule has 0 unspecified atom stereocenters. The molecular formula is C26H35N5O. The molecule has 6 nitrogen and oxygen atoms in total. The molecule has 2 N–H and O–H groups in total. The van der Waals surface area contributed by atoms with E-state index in [2.05, 4.69) is 63.0 Å². The maximum atomic E-state index is 12.7. The number of guanidine groups is 1. The Morgan fingerprint density at radius 1 is 0.938 bits per heavy atom. The number of likely N-dealkylation sites (tertiary alicyclic amines) is 1. The van der Waals surface area contributed by atoms with Gasteiger partial charge in [0.1, 0.15) is 0 Å². The third-order valence-electron chi connectivity index (χ3n) is 6.28. The zero-order valence-corrected chi connectivity index (χ0v) is 19.1. The van der Waals surface area contributed by atoms with E-state index in [1.807, 2.05) is 17.9 Å². The van der Waals surface area contributed by atoms with Gasteiger partial charge in [0.05, 0.1) is 13.1 Å². The Bertz CT molecular complexity index is 918. The van der Waals surface area contributed by atoms with Crippen molar-refractivity contribution in [3.63, 3.8) is 0 Å². The number of benzene rings is 2. The highest BCUT2D eigenvalue weighted by atomic mass is 16.2. The van der Waals surface area contributed by atoms with E-state index >= 15 is 0 Å². The molecule has 0 aromatic heterocycles. The first kappa shape index (κ1) is 22.3. The minimum absolute atomic E-state index is 0.108. The Morgan fingerprint density at radius 3 is 2.41 bits per heavy atom. The monoisotopic (exact) mass is 433 g/mol. The van der Waals surface area contributed by atoms with Gasteiger partial charge in [-0.3, -0.25) is 9.69 Å². The van der Waals surface area contributed by atoms with Gasteiger partial charge in [0.15, 0.2) is 5.96 Å². The molecule has 1 saturated heterocycles. The number of amides is 1. The lowest BCUT2D eigenvalue weighted by Crippen LogP contribution is -2.45. The number of nitrogens with one attached hydrogen (secondary N) is 2. The molecule has 170 valence electrons. The predicted molar refractivity (Wildman–Crippen MR) is 129 cm³/mol. The van der Waals surface area contributed by atoms with Gasteiger partial charge in [-0.2, -0.15) is 0 Å². The lowest BCUT2D eigenvalue weighted by atomic mass is 10.00. The summed E-state index contributed by atoms with van der Waals surface area (Å²) in [5, 5.41) is 6.46. The fourth-order valence-corrected chi connectivity index (χ4v) is 4.44. The van der Waals surface area contributed by atoms with Crippen molar-refractivity contribution < 1.29 is 4.79 Å². The van der Waals surface area contributed by atoms with Crippen LogP contribution < -0.4 is 10.6 Å². The molecule has 1 amide bonds. The van der Waals surface area contributed by atoms with Crippen LogP contribution >= 0.6 is 0 Å². The quantitative estimate of drug-likeness (QED) is 0.521. The molecule has 0 atom stereocenters. The molecule has 2 aromatic rings. The van der Waals surface area contributed by atoms with Crippen molar-refractivity contribution in [1.29, 1.82) is 0 Å². The number of hydrogen-bond acceptors (Lipinski definition) is 3. The SMILES string of the molecule is CCNC(=NCc1ccc(CN2CCCC2)cc1)NCC(=O)N1CCc2ccccc2C1. The smallest absolute Gasteiger partial charge is 0.242 e. The van der Waals surface area contributed by atoms with Crippen molar-refractivity contribution in [2.45, 2.75) is 45.8 Å². The first-order valence-electron chi connectivity index (χ1n) is 11.9. The van der Waals surface area contributed by atoms with Crippen LogP contribution in [0.5, 0.6) is 0 Å². The van der Waals surface area contributed by atoms with Crippen LogP contribution in [0.4, 0.5) is 0 Å². The van der Waals surface area contributed by atoms with E-state index in [1.165, 1.54) is 48.2 Å². The summed E-state index contributed by atoms with van der Waals surface area (Å²) >= 11 is 0. The van der Waals surface area contributed by atoms with E-state index < -0.39 is 0 Å². The second-order valence-electron chi connectivity index (χ2n) is 8.68. The number of aliphatic imine (C=N–C) groups is 1. The maximum absolute atomic E-state index is 12.7. The molecule has 32 heavy (non-hydrogen) atoms. The highest BCUT2D eigenvalue weighted by Gasteiger charge is 2.20. The van der Waals surface area contributed by atoms with Crippen molar-refractivity contribution in [3.8, 4) is 0 Å². The minimum atomic E-state index is 0.108. The number of nitrogens with zero attached hydrogens (tertiary/aromatic N) is 3. The molecule has 0 radical (unpaired) electrons. The fourth-order valence-electron chi connectivity index (χ4n) is 4.44. The van der Waals surface area contributed by atoms with Crippen LogP contribution in [0.25, 0.3) is 0 Å². The van der Waals surface area contributed by atoms with Crippen LogP contribution in [-0.2, 0) is 30.8 Å². The molecule has 0 aliphatic carbocycles. The van der Waals surface area contributed by atoms with Gasteiger partial charge >= 0.3 is 0 Å². The summed E-state index contributed by atoms with van der Waals surface area (Å²) in [5.74, 6) is 0.788. The van der Waals surface area contributed by atoms with Gasteiger partial charge in [-0.1, -0.05) is 48.5 Å². The van der Waals surface area contributed by atoms with E-state index in [1.54, 1.807) is 0 Å². The van der Waals surface area contributed by atoms with Crippen LogP contribution in [0.3, 0.4) is 0 Å². The van der Waals surface area contributed by atoms with Crippen molar-refractivity contribution in [1.82, 2.24) is 20.4 Å². The third-order valence-corrected chi connectivity index (χ3v) is 6.28. The molecular weight excluding hydrogens is 398 g/mol. The Labute approximate surface area is 191 Å². The Morgan fingerprint density at radius 2 is 1.66 bits per heavy atom. The van der Waals surface area contributed by atoms with Gasteiger partial charge < -0.3 is 15.5 Å². The Kier molecular flexibility index (Phi) is 7.77. The van der Waals surface area contributed by atoms with Crippen LogP contribution in [0.15, 0.2) is 53.5 Å². The molecule has 4 rings (SSSR count). The first-order chi connectivity index (χ1) is 15.7. The van der Waals surface area contributed by atoms with E-state index in [-0.39, 0.29) is 12.5 Å². The number of carbonyl (C=O) groups is 1. The van der Waals surface area contributed by atoms with Gasteiger partial charge in [-0.25, -0.2) is 4.99 Å². The molecule has 2 heterocycles. The minimum Gasteiger partial charge on any atom is -0.357 e. The summed E-state index contributed by atoms with van der Waals surface area (Å²) in [6, 6.07) is 17.1. The van der Waals surface area contributed by atoms with Crippen molar-refractivity contribution in [3.05, 3.63) is 70.8 Å². The lowest BCUT2D eigenvalue weighted by Gasteiger charge is -2.29. The number of fused-ring (bicyclic) bond motifs is 1. The van der Waals surface area contributed by atoms with Crippen molar-refractivity contribution >= 4 is 11.9 Å². The van der Waals surface area contributed by atoms with E-state index in [4.69, 9.17) is 0 Å². The molecule has 2 aliphatic heterocycles. The molecule has 0 bridgehead atoms. The molecule has 1 fully saturated rings. The normalized spacial score (nSPS) is 16.7. The maximum Gasteiger partial charge on any atom is 0.242 e. The van der Waals surface area contributed by atoms with E-state index in [0.29, 0.717) is 19.0 Å². The summed E-state index contributed by atoms with van der Waals surface area (Å²) in [7, 11) is 0. The summed E-state index contributed by atoms with van der Waals surface area (Å²) in [6.07, 6.45) is 3.56. The largest absolute Gasteiger partial charge is 0.357 e. The molecule has 0 spiro atoms. The second kappa shape index (κ2) is 11.1. The van der Waals surface area contributed by atoms with E-state index in [0.717, 1.165) is 26.1 Å². The van der Waals surface area contributed by atoms with Gasteiger partial charge in [-0.15, -0.1) is 0 Å². The standard InChI is InChI=1S/C26H35N5O/c1-2-27-26(28-17-21-9-11-22(12-10-21)19-30-14-5-6-15-30)29-18-25(32)31-16-13-23-7-3-4-8-24(23)20-31/h3-4,7-12H,2,5-6,13-20H2,1H3,(H2,27,28,29). The zero-order valence-electron chi connectivity index (χ0n) is 19.1. The Hall–Kier alpha value is -2.86.